The van der Waals surface area contributed by atoms with Gasteiger partial charge < -0.3 is 5.73 Å². The fourth-order valence-electron chi connectivity index (χ4n) is 1.56. The van der Waals surface area contributed by atoms with Gasteiger partial charge in [-0.15, -0.1) is 0 Å². The number of nitrogens with two attached hydrogens (primary N) is 1. The van der Waals surface area contributed by atoms with Crippen LogP contribution in [0.5, 0.6) is 0 Å². The number of nitrogen functional groups attached to an aromatic ring is 1. The molecule has 0 spiro atoms. The molecule has 0 radical (unpaired) electrons. The first-order valence-corrected chi connectivity index (χ1v) is 7.01. The molecule has 0 aliphatic rings. The van der Waals surface area contributed by atoms with Crippen molar-refractivity contribution in [2.45, 2.75) is 37.5 Å². The van der Waals surface area contributed by atoms with Crippen LogP contribution in [0.25, 0.3) is 0 Å². The summed E-state index contributed by atoms with van der Waals surface area (Å²) in [6.45, 7) is 2.07. The number of hydrogen-bond donors (Lipinski definition) is 1. The van der Waals surface area contributed by atoms with E-state index in [4.69, 9.17) is 5.73 Å². The first-order valence-electron chi connectivity index (χ1n) is 5.69. The zero-order valence-electron chi connectivity index (χ0n) is 9.84. The normalized spacial score (nSPS) is 12.6. The minimum atomic E-state index is -1.62. The Morgan fingerprint density at radius 1 is 1.18 bits per heavy atom. The smallest absolute Gasteiger partial charge is 0.144 e. The number of halogens is 2. The molecule has 1 unspecified atom stereocenters. The Morgan fingerprint density at radius 2 is 1.76 bits per heavy atom. The second-order valence-corrected chi connectivity index (χ2v) is 5.43. The maximum Gasteiger partial charge on any atom is 0.144 e. The molecule has 0 aromatic heterocycles. The van der Waals surface area contributed by atoms with Gasteiger partial charge in [-0.2, -0.15) is 0 Å². The van der Waals surface area contributed by atoms with Gasteiger partial charge in [0.15, 0.2) is 0 Å². The highest BCUT2D eigenvalue weighted by atomic mass is 32.2. The van der Waals surface area contributed by atoms with Crippen LogP contribution in [-0.2, 0) is 10.8 Å². The Labute approximate surface area is 103 Å². The van der Waals surface area contributed by atoms with Crippen LogP contribution in [-0.4, -0.2) is 9.96 Å². The van der Waals surface area contributed by atoms with Gasteiger partial charge in [-0.1, -0.05) is 26.2 Å². The monoisotopic (exact) mass is 261 g/mol. The van der Waals surface area contributed by atoms with Crippen LogP contribution in [0.15, 0.2) is 17.0 Å². The number of rotatable bonds is 6. The van der Waals surface area contributed by atoms with Crippen LogP contribution in [0.3, 0.4) is 0 Å². The third-order valence-electron chi connectivity index (χ3n) is 2.43. The van der Waals surface area contributed by atoms with E-state index in [0.29, 0.717) is 6.42 Å². The SMILES string of the molecule is CCCCCCS(=O)c1c(F)cc(N)cc1F. The quantitative estimate of drug-likeness (QED) is 0.631. The molecular formula is C12H17F2NOS. The molecular weight excluding hydrogens is 244 g/mol. The molecule has 0 aliphatic carbocycles. The second-order valence-electron chi connectivity index (χ2n) is 3.92. The molecule has 1 atom stereocenters. The summed E-state index contributed by atoms with van der Waals surface area (Å²) in [5.41, 5.74) is 5.30. The highest BCUT2D eigenvalue weighted by Gasteiger charge is 2.16. The molecule has 0 bridgehead atoms. The van der Waals surface area contributed by atoms with Crippen LogP contribution < -0.4 is 5.73 Å². The van der Waals surface area contributed by atoms with Gasteiger partial charge in [-0.25, -0.2) is 8.78 Å². The van der Waals surface area contributed by atoms with Crippen LogP contribution in [0.4, 0.5) is 14.5 Å². The highest BCUT2D eigenvalue weighted by Crippen LogP contribution is 2.21. The minimum absolute atomic E-state index is 0.00623. The van der Waals surface area contributed by atoms with Gasteiger partial charge in [0.2, 0.25) is 0 Å². The van der Waals surface area contributed by atoms with Crippen molar-refractivity contribution in [1.82, 2.24) is 0 Å². The zero-order valence-corrected chi connectivity index (χ0v) is 10.7. The third-order valence-corrected chi connectivity index (χ3v) is 3.94. The molecule has 0 heterocycles. The van der Waals surface area contributed by atoms with Crippen molar-refractivity contribution in [2.75, 3.05) is 11.5 Å². The Hall–Kier alpha value is -0.970. The minimum Gasteiger partial charge on any atom is -0.399 e. The van der Waals surface area contributed by atoms with Crippen molar-refractivity contribution in [3.8, 4) is 0 Å². The molecule has 96 valence electrons. The van der Waals surface area contributed by atoms with E-state index in [0.717, 1.165) is 31.4 Å². The Morgan fingerprint density at radius 3 is 2.29 bits per heavy atom. The Balaban J connectivity index is 2.69. The molecule has 2 N–H and O–H groups in total. The maximum absolute atomic E-state index is 13.4. The lowest BCUT2D eigenvalue weighted by Gasteiger charge is -2.06. The van der Waals surface area contributed by atoms with E-state index < -0.39 is 22.4 Å². The lowest BCUT2D eigenvalue weighted by Crippen LogP contribution is -2.05. The molecule has 0 aliphatic heterocycles. The predicted molar refractivity (Wildman–Crippen MR) is 66.2 cm³/mol. The van der Waals surface area contributed by atoms with E-state index in [1.54, 1.807) is 0 Å². The van der Waals surface area contributed by atoms with Crippen molar-refractivity contribution in [3.05, 3.63) is 23.8 Å². The van der Waals surface area contributed by atoms with Crippen molar-refractivity contribution < 1.29 is 13.0 Å². The van der Waals surface area contributed by atoms with E-state index >= 15 is 0 Å². The number of hydrogen-bond acceptors (Lipinski definition) is 2. The van der Waals surface area contributed by atoms with Gasteiger partial charge in [0.05, 0.1) is 10.8 Å². The fraction of sp³-hybridized carbons (Fsp3) is 0.500. The fourth-order valence-corrected chi connectivity index (χ4v) is 2.78. The Bertz CT molecular complexity index is 386. The van der Waals surface area contributed by atoms with Crippen molar-refractivity contribution in [1.29, 1.82) is 0 Å². The first-order chi connectivity index (χ1) is 8.06. The van der Waals surface area contributed by atoms with E-state index in [2.05, 4.69) is 6.92 Å². The van der Waals surface area contributed by atoms with Crippen LogP contribution >= 0.6 is 0 Å². The second kappa shape index (κ2) is 6.69. The summed E-state index contributed by atoms with van der Waals surface area (Å²) in [5, 5.41) is 0. The summed E-state index contributed by atoms with van der Waals surface area (Å²) in [6.07, 6.45) is 3.76. The van der Waals surface area contributed by atoms with Gasteiger partial charge in [-0.3, -0.25) is 4.21 Å². The number of anilines is 1. The Kier molecular flexibility index (Phi) is 5.55. The van der Waals surface area contributed by atoms with Crippen molar-refractivity contribution in [2.24, 2.45) is 0 Å². The molecule has 0 saturated carbocycles. The van der Waals surface area contributed by atoms with Crippen molar-refractivity contribution >= 4 is 16.5 Å². The lowest BCUT2D eigenvalue weighted by atomic mass is 10.2. The van der Waals surface area contributed by atoms with Crippen LogP contribution in [0.1, 0.15) is 32.6 Å². The van der Waals surface area contributed by atoms with E-state index in [1.165, 1.54) is 0 Å². The molecule has 17 heavy (non-hydrogen) atoms. The highest BCUT2D eigenvalue weighted by molar-refractivity contribution is 7.85. The molecule has 0 amide bonds. The van der Waals surface area contributed by atoms with Gasteiger partial charge in [0, 0.05) is 11.4 Å². The summed E-state index contributed by atoms with van der Waals surface area (Å²) in [6, 6.07) is 2.00. The predicted octanol–water partition coefficient (Wildman–Crippen LogP) is 3.23. The maximum atomic E-state index is 13.4. The van der Waals surface area contributed by atoms with Gasteiger partial charge >= 0.3 is 0 Å². The molecule has 0 fully saturated rings. The molecule has 1 aromatic carbocycles. The van der Waals surface area contributed by atoms with Gasteiger partial charge in [0.1, 0.15) is 16.5 Å². The third kappa shape index (κ3) is 4.07. The average molecular weight is 261 g/mol. The van der Waals surface area contributed by atoms with Crippen LogP contribution in [0, 0.1) is 11.6 Å². The number of unbranched alkanes of at least 4 members (excludes halogenated alkanes) is 3. The van der Waals surface area contributed by atoms with E-state index in [1.807, 2.05) is 0 Å². The summed E-state index contributed by atoms with van der Waals surface area (Å²) in [4.78, 5) is -0.351. The molecule has 0 saturated heterocycles. The molecule has 1 aromatic rings. The zero-order chi connectivity index (χ0) is 12.8. The molecule has 2 nitrogen and oxygen atoms in total. The molecule has 1 rings (SSSR count). The summed E-state index contributed by atoms with van der Waals surface area (Å²) >= 11 is 0. The summed E-state index contributed by atoms with van der Waals surface area (Å²) in [7, 11) is -1.62. The van der Waals surface area contributed by atoms with Crippen molar-refractivity contribution in [3.63, 3.8) is 0 Å². The topological polar surface area (TPSA) is 43.1 Å². The summed E-state index contributed by atoms with van der Waals surface area (Å²) in [5.74, 6) is -1.36. The van der Waals surface area contributed by atoms with Crippen LogP contribution in [0.2, 0.25) is 0 Å². The largest absolute Gasteiger partial charge is 0.399 e. The first kappa shape index (κ1) is 14.1. The molecule has 5 heteroatoms. The average Bonchev–Trinajstić information content (AvgIpc) is 2.23. The van der Waals surface area contributed by atoms with E-state index in [9.17, 15) is 13.0 Å². The summed E-state index contributed by atoms with van der Waals surface area (Å²) < 4.78 is 38.6. The standard InChI is InChI=1S/C12H17F2NOS/c1-2-3-4-5-6-17(16)12-10(13)7-9(15)8-11(12)14/h7-8H,2-6,15H2,1H3. The van der Waals surface area contributed by atoms with Gasteiger partial charge in [-0.05, 0) is 18.6 Å². The van der Waals surface area contributed by atoms with Gasteiger partial charge in [0.25, 0.3) is 0 Å². The number of benzene rings is 1. The lowest BCUT2D eigenvalue weighted by molar-refractivity contribution is 0.535. The van der Waals surface area contributed by atoms with E-state index in [-0.39, 0.29) is 16.3 Å².